The van der Waals surface area contributed by atoms with Crippen LogP contribution in [0.4, 0.5) is 0 Å². The lowest BCUT2D eigenvalue weighted by atomic mass is 9.86. The minimum Gasteiger partial charge on any atom is -0.353 e. The van der Waals surface area contributed by atoms with Crippen molar-refractivity contribution in [2.45, 2.75) is 45.1 Å². The predicted octanol–water partition coefficient (Wildman–Crippen LogP) is 4.23. The van der Waals surface area contributed by atoms with Crippen molar-refractivity contribution in [2.24, 2.45) is 5.92 Å². The summed E-state index contributed by atoms with van der Waals surface area (Å²) in [5, 5.41) is 4.15. The van der Waals surface area contributed by atoms with Gasteiger partial charge in [0.05, 0.1) is 16.5 Å². The Kier molecular flexibility index (Phi) is 5.12. The Bertz CT molecular complexity index is 461. The minimum atomic E-state index is 0.0668. The molecule has 1 aromatic carbocycles. The molecule has 0 bridgehead atoms. The molecule has 4 heteroatoms. The van der Waals surface area contributed by atoms with Crippen molar-refractivity contribution >= 4 is 29.1 Å². The highest BCUT2D eigenvalue weighted by atomic mass is 35.5. The highest BCUT2D eigenvalue weighted by molar-refractivity contribution is 6.42. The van der Waals surface area contributed by atoms with Crippen molar-refractivity contribution in [1.29, 1.82) is 0 Å². The zero-order chi connectivity index (χ0) is 13.8. The Morgan fingerprint density at radius 3 is 2.68 bits per heavy atom. The standard InChI is InChI=1S/C15H19Cl2NO/c1-10-4-2-3-5-14(10)18-15(19)9-11-6-7-12(16)13(17)8-11/h6-8,10,14H,2-5,9H2,1H3,(H,18,19)/t10-,14+/m1/s1. The topological polar surface area (TPSA) is 29.1 Å². The molecule has 0 unspecified atom stereocenters. The predicted molar refractivity (Wildman–Crippen MR) is 79.7 cm³/mol. The molecule has 1 aliphatic rings. The van der Waals surface area contributed by atoms with E-state index in [1.165, 1.54) is 19.3 Å². The molecule has 2 rings (SSSR count). The van der Waals surface area contributed by atoms with Gasteiger partial charge in [0, 0.05) is 6.04 Å². The Hall–Kier alpha value is -0.730. The maximum atomic E-state index is 12.0. The number of hydrogen-bond donors (Lipinski definition) is 1. The fraction of sp³-hybridized carbons (Fsp3) is 0.533. The first-order valence-electron chi connectivity index (χ1n) is 6.79. The molecule has 19 heavy (non-hydrogen) atoms. The summed E-state index contributed by atoms with van der Waals surface area (Å²) < 4.78 is 0. The molecule has 1 fully saturated rings. The van der Waals surface area contributed by atoms with E-state index in [1.54, 1.807) is 12.1 Å². The lowest BCUT2D eigenvalue weighted by Gasteiger charge is -2.29. The molecule has 1 amide bonds. The van der Waals surface area contributed by atoms with Crippen molar-refractivity contribution in [3.63, 3.8) is 0 Å². The molecular weight excluding hydrogens is 281 g/mol. The molecule has 0 saturated heterocycles. The smallest absolute Gasteiger partial charge is 0.224 e. The van der Waals surface area contributed by atoms with Gasteiger partial charge < -0.3 is 5.32 Å². The summed E-state index contributed by atoms with van der Waals surface area (Å²) in [6.45, 7) is 2.21. The van der Waals surface area contributed by atoms with Gasteiger partial charge in [-0.25, -0.2) is 0 Å². The summed E-state index contributed by atoms with van der Waals surface area (Å²) in [4.78, 5) is 12.0. The fourth-order valence-electron chi connectivity index (χ4n) is 2.62. The summed E-state index contributed by atoms with van der Waals surface area (Å²) in [6, 6.07) is 5.66. The SMILES string of the molecule is C[C@@H]1CCCC[C@@H]1NC(=O)Cc1ccc(Cl)c(Cl)c1. The summed E-state index contributed by atoms with van der Waals surface area (Å²) in [7, 11) is 0. The van der Waals surface area contributed by atoms with E-state index < -0.39 is 0 Å². The van der Waals surface area contributed by atoms with E-state index in [0.717, 1.165) is 12.0 Å². The Balaban J connectivity index is 1.91. The van der Waals surface area contributed by atoms with Gasteiger partial charge >= 0.3 is 0 Å². The van der Waals surface area contributed by atoms with E-state index in [2.05, 4.69) is 12.2 Å². The zero-order valence-electron chi connectivity index (χ0n) is 11.1. The van der Waals surface area contributed by atoms with Crippen LogP contribution < -0.4 is 5.32 Å². The first kappa shape index (κ1) is 14.7. The van der Waals surface area contributed by atoms with Crippen molar-refractivity contribution in [1.82, 2.24) is 5.32 Å². The highest BCUT2D eigenvalue weighted by Gasteiger charge is 2.22. The van der Waals surface area contributed by atoms with E-state index in [1.807, 2.05) is 6.07 Å². The minimum absolute atomic E-state index is 0.0668. The van der Waals surface area contributed by atoms with Gasteiger partial charge in [0.1, 0.15) is 0 Å². The van der Waals surface area contributed by atoms with Gasteiger partial charge in [-0.2, -0.15) is 0 Å². The molecule has 1 N–H and O–H groups in total. The number of halogens is 2. The molecule has 0 aromatic heterocycles. The third-order valence-corrected chi connectivity index (χ3v) is 4.55. The van der Waals surface area contributed by atoms with E-state index in [0.29, 0.717) is 28.4 Å². The van der Waals surface area contributed by atoms with Crippen LogP contribution >= 0.6 is 23.2 Å². The van der Waals surface area contributed by atoms with Gasteiger partial charge in [0.15, 0.2) is 0 Å². The molecule has 1 saturated carbocycles. The second kappa shape index (κ2) is 6.62. The number of hydrogen-bond acceptors (Lipinski definition) is 1. The van der Waals surface area contributed by atoms with Crippen LogP contribution in [0.2, 0.25) is 10.0 Å². The largest absolute Gasteiger partial charge is 0.353 e. The van der Waals surface area contributed by atoms with Crippen LogP contribution in [0.3, 0.4) is 0 Å². The summed E-state index contributed by atoms with van der Waals surface area (Å²) in [5.74, 6) is 0.642. The lowest BCUT2D eigenvalue weighted by Crippen LogP contribution is -2.41. The van der Waals surface area contributed by atoms with Crippen LogP contribution in [0.15, 0.2) is 18.2 Å². The first-order valence-corrected chi connectivity index (χ1v) is 7.55. The second-order valence-electron chi connectivity index (χ2n) is 5.36. The van der Waals surface area contributed by atoms with Crippen molar-refractivity contribution in [3.05, 3.63) is 33.8 Å². The third kappa shape index (κ3) is 4.12. The quantitative estimate of drug-likeness (QED) is 0.889. The molecule has 0 heterocycles. The van der Waals surface area contributed by atoms with E-state index in [-0.39, 0.29) is 5.91 Å². The fourth-order valence-corrected chi connectivity index (χ4v) is 2.94. The zero-order valence-corrected chi connectivity index (χ0v) is 12.6. The van der Waals surface area contributed by atoms with E-state index >= 15 is 0 Å². The molecule has 0 radical (unpaired) electrons. The second-order valence-corrected chi connectivity index (χ2v) is 6.18. The van der Waals surface area contributed by atoms with Crippen LogP contribution in [-0.2, 0) is 11.2 Å². The van der Waals surface area contributed by atoms with Crippen molar-refractivity contribution < 1.29 is 4.79 Å². The van der Waals surface area contributed by atoms with E-state index in [4.69, 9.17) is 23.2 Å². The maximum Gasteiger partial charge on any atom is 0.224 e. The lowest BCUT2D eigenvalue weighted by molar-refractivity contribution is -0.121. The number of nitrogens with one attached hydrogen (secondary N) is 1. The van der Waals surface area contributed by atoms with Crippen LogP contribution in [0.5, 0.6) is 0 Å². The molecule has 1 aromatic rings. The monoisotopic (exact) mass is 299 g/mol. The van der Waals surface area contributed by atoms with Crippen LogP contribution in [0.1, 0.15) is 38.2 Å². The molecule has 0 spiro atoms. The number of carbonyl (C=O) groups excluding carboxylic acids is 1. The highest BCUT2D eigenvalue weighted by Crippen LogP contribution is 2.25. The molecule has 1 aliphatic carbocycles. The number of amides is 1. The molecule has 104 valence electrons. The molecule has 2 nitrogen and oxygen atoms in total. The summed E-state index contributed by atoms with van der Waals surface area (Å²) >= 11 is 11.8. The van der Waals surface area contributed by atoms with Crippen molar-refractivity contribution in [3.8, 4) is 0 Å². The Morgan fingerprint density at radius 2 is 2.00 bits per heavy atom. The van der Waals surface area contributed by atoms with Gasteiger partial charge in [0.2, 0.25) is 5.91 Å². The van der Waals surface area contributed by atoms with Gasteiger partial charge in [-0.15, -0.1) is 0 Å². The van der Waals surface area contributed by atoms with Gasteiger partial charge in [-0.05, 0) is 36.5 Å². The number of carbonyl (C=O) groups is 1. The van der Waals surface area contributed by atoms with Crippen LogP contribution in [-0.4, -0.2) is 11.9 Å². The average molecular weight is 300 g/mol. The average Bonchev–Trinajstić information content (AvgIpc) is 2.37. The molecule has 0 aliphatic heterocycles. The Labute approximate surface area is 124 Å². The van der Waals surface area contributed by atoms with Crippen LogP contribution in [0.25, 0.3) is 0 Å². The number of rotatable bonds is 3. The third-order valence-electron chi connectivity index (χ3n) is 3.81. The maximum absolute atomic E-state index is 12.0. The first-order chi connectivity index (χ1) is 9.06. The van der Waals surface area contributed by atoms with Crippen LogP contribution in [0, 0.1) is 5.92 Å². The van der Waals surface area contributed by atoms with E-state index in [9.17, 15) is 4.79 Å². The normalized spacial score (nSPS) is 23.1. The van der Waals surface area contributed by atoms with Gasteiger partial charge in [-0.3, -0.25) is 4.79 Å². The summed E-state index contributed by atoms with van der Waals surface area (Å²) in [5.41, 5.74) is 0.898. The van der Waals surface area contributed by atoms with Crippen molar-refractivity contribution in [2.75, 3.05) is 0 Å². The number of benzene rings is 1. The Morgan fingerprint density at radius 1 is 1.26 bits per heavy atom. The van der Waals surface area contributed by atoms with Gasteiger partial charge in [0.25, 0.3) is 0 Å². The molecule has 2 atom stereocenters. The summed E-state index contributed by atoms with van der Waals surface area (Å²) in [6.07, 6.45) is 5.15. The molecular formula is C15H19Cl2NO. The van der Waals surface area contributed by atoms with Gasteiger partial charge in [-0.1, -0.05) is 49.0 Å².